The van der Waals surface area contributed by atoms with Crippen LogP contribution in [-0.4, -0.2) is 111 Å². The third-order valence-corrected chi connectivity index (χ3v) is 9.35. The van der Waals surface area contributed by atoms with E-state index in [1.807, 2.05) is 105 Å². The average molecular weight is 671 g/mol. The quantitative estimate of drug-likeness (QED) is 0.140. The Kier molecular flexibility index (Phi) is 14.9. The van der Waals surface area contributed by atoms with Crippen LogP contribution in [0, 0.1) is 0 Å². The lowest BCUT2D eigenvalue weighted by molar-refractivity contribution is -0.130. The van der Waals surface area contributed by atoms with E-state index in [2.05, 4.69) is 15.5 Å². The molecule has 49 heavy (non-hydrogen) atoms. The second-order valence-corrected chi connectivity index (χ2v) is 12.9. The summed E-state index contributed by atoms with van der Waals surface area (Å²) in [5.41, 5.74) is 4.32. The summed E-state index contributed by atoms with van der Waals surface area (Å²) < 4.78 is 0. The Hall–Kier alpha value is -4.41. The van der Waals surface area contributed by atoms with Crippen LogP contribution in [0.4, 0.5) is 16.2 Å². The number of unbranched alkanes of at least 4 members (excludes halogenated alkanes) is 2. The molecule has 0 atom stereocenters. The topological polar surface area (TPSA) is 108 Å². The summed E-state index contributed by atoms with van der Waals surface area (Å²) in [7, 11) is 5.62. The first-order valence-electron chi connectivity index (χ1n) is 17.7. The van der Waals surface area contributed by atoms with Crippen LogP contribution in [0.5, 0.6) is 0 Å². The molecule has 1 saturated heterocycles. The maximum atomic E-state index is 12.8. The minimum atomic E-state index is -0.926. The molecule has 0 unspecified atom stereocenters. The highest BCUT2D eigenvalue weighted by molar-refractivity contribution is 5.94. The molecule has 1 aliphatic rings. The van der Waals surface area contributed by atoms with Gasteiger partial charge in [-0.25, -0.2) is 4.79 Å². The first kappa shape index (κ1) is 37.4. The smallest absolute Gasteiger partial charge is 0.412 e. The summed E-state index contributed by atoms with van der Waals surface area (Å²) in [5, 5.41) is 16.8. The van der Waals surface area contributed by atoms with Gasteiger partial charge in [-0.1, -0.05) is 55.0 Å². The predicted molar refractivity (Wildman–Crippen MR) is 198 cm³/mol. The molecule has 1 heterocycles. The minimum Gasteiger partial charge on any atom is -0.465 e. The van der Waals surface area contributed by atoms with Crippen molar-refractivity contribution in [2.45, 2.75) is 51.0 Å². The van der Waals surface area contributed by atoms with Crippen molar-refractivity contribution in [3.8, 4) is 11.1 Å². The maximum absolute atomic E-state index is 12.8. The second kappa shape index (κ2) is 19.6. The second-order valence-electron chi connectivity index (χ2n) is 12.9. The van der Waals surface area contributed by atoms with Crippen molar-refractivity contribution in [2.75, 3.05) is 77.2 Å². The number of piperidine rings is 1. The fourth-order valence-electron chi connectivity index (χ4n) is 6.37. The number of nitrogens with zero attached hydrogens (tertiary/aromatic N) is 4. The highest BCUT2D eigenvalue weighted by Gasteiger charge is 2.30. The Labute approximate surface area is 292 Å². The number of benzene rings is 3. The number of likely N-dealkylation sites (N-methyl/N-ethyl adjacent to an activating group) is 1. The van der Waals surface area contributed by atoms with Crippen LogP contribution >= 0.6 is 0 Å². The first-order valence-corrected chi connectivity index (χ1v) is 17.7. The van der Waals surface area contributed by atoms with Gasteiger partial charge in [-0.2, -0.15) is 0 Å². The van der Waals surface area contributed by atoms with E-state index in [0.717, 1.165) is 100 Å². The Morgan fingerprint density at radius 3 is 2.18 bits per heavy atom. The number of carbonyl (C=O) groups excluding carboxylic acids is 2. The molecule has 10 nitrogen and oxygen atoms in total. The van der Waals surface area contributed by atoms with E-state index in [0.29, 0.717) is 18.5 Å². The van der Waals surface area contributed by atoms with Gasteiger partial charge in [0.05, 0.1) is 5.69 Å². The van der Waals surface area contributed by atoms with Gasteiger partial charge in [-0.05, 0) is 81.6 Å². The summed E-state index contributed by atoms with van der Waals surface area (Å²) in [6.45, 7) is 5.45. The highest BCUT2D eigenvalue weighted by atomic mass is 16.4. The third kappa shape index (κ3) is 11.3. The lowest BCUT2D eigenvalue weighted by Gasteiger charge is -2.38. The molecule has 3 aromatic carbocycles. The van der Waals surface area contributed by atoms with Crippen molar-refractivity contribution in [3.05, 3.63) is 84.4 Å². The van der Waals surface area contributed by atoms with E-state index < -0.39 is 6.09 Å². The van der Waals surface area contributed by atoms with Gasteiger partial charge in [0, 0.05) is 82.6 Å². The largest absolute Gasteiger partial charge is 0.465 e. The zero-order chi connectivity index (χ0) is 35.0. The van der Waals surface area contributed by atoms with Gasteiger partial charge >= 0.3 is 6.09 Å². The molecule has 3 N–H and O–H groups in total. The van der Waals surface area contributed by atoms with Crippen LogP contribution in [0.3, 0.4) is 0 Å². The van der Waals surface area contributed by atoms with Gasteiger partial charge in [0.1, 0.15) is 0 Å². The van der Waals surface area contributed by atoms with Crippen molar-refractivity contribution in [1.29, 1.82) is 0 Å². The molecule has 1 aliphatic heterocycles. The number of rotatable bonds is 18. The van der Waals surface area contributed by atoms with E-state index in [4.69, 9.17) is 0 Å². The van der Waals surface area contributed by atoms with E-state index >= 15 is 0 Å². The molecular formula is C39H54N6O4. The highest BCUT2D eigenvalue weighted by Crippen LogP contribution is 2.34. The van der Waals surface area contributed by atoms with Gasteiger partial charge in [-0.3, -0.25) is 14.5 Å². The number of amides is 3. The zero-order valence-corrected chi connectivity index (χ0v) is 29.4. The number of carboxylic acid groups (broad SMARTS) is 1. The van der Waals surface area contributed by atoms with Crippen LogP contribution in [0.15, 0.2) is 78.9 Å². The van der Waals surface area contributed by atoms with Crippen molar-refractivity contribution in [1.82, 2.24) is 20.0 Å². The molecule has 0 aromatic heterocycles. The predicted octanol–water partition coefficient (Wildman–Crippen LogP) is 6.11. The maximum Gasteiger partial charge on any atom is 0.412 e. The van der Waals surface area contributed by atoms with Gasteiger partial charge in [0.25, 0.3) is 5.91 Å². The Balaban J connectivity index is 1.11. The van der Waals surface area contributed by atoms with Crippen LogP contribution < -0.4 is 15.5 Å². The van der Waals surface area contributed by atoms with Gasteiger partial charge < -0.3 is 30.4 Å². The molecule has 0 spiro atoms. The lowest BCUT2D eigenvalue weighted by atomic mass is 9.98. The van der Waals surface area contributed by atoms with Gasteiger partial charge in [0.15, 0.2) is 0 Å². The normalized spacial score (nSPS) is 13.5. The fraction of sp³-hybridized carbons (Fsp3) is 0.462. The van der Waals surface area contributed by atoms with E-state index in [9.17, 15) is 19.5 Å². The fourth-order valence-corrected chi connectivity index (χ4v) is 6.37. The third-order valence-electron chi connectivity index (χ3n) is 9.35. The first-order chi connectivity index (χ1) is 23.8. The minimum absolute atomic E-state index is 0.0329. The summed E-state index contributed by atoms with van der Waals surface area (Å²) in [4.78, 5) is 45.3. The number of anilines is 2. The molecular weight excluding hydrogens is 616 g/mol. The molecule has 0 bridgehead atoms. The number of hydrogen-bond acceptors (Lipinski definition) is 6. The Morgan fingerprint density at radius 1 is 0.796 bits per heavy atom. The Morgan fingerprint density at radius 2 is 1.49 bits per heavy atom. The summed E-state index contributed by atoms with van der Waals surface area (Å²) in [6, 6.07) is 25.2. The molecule has 3 aromatic rings. The lowest BCUT2D eigenvalue weighted by Crippen LogP contribution is -2.48. The van der Waals surface area contributed by atoms with E-state index in [1.165, 1.54) is 0 Å². The number of nitrogens with one attached hydrogen (secondary N) is 2. The molecule has 0 aliphatic carbocycles. The van der Waals surface area contributed by atoms with Crippen LogP contribution in [0.1, 0.15) is 55.3 Å². The van der Waals surface area contributed by atoms with Crippen molar-refractivity contribution < 1.29 is 19.5 Å². The van der Waals surface area contributed by atoms with Crippen LogP contribution in [0.2, 0.25) is 0 Å². The van der Waals surface area contributed by atoms with Crippen molar-refractivity contribution >= 4 is 29.3 Å². The standard InChI is InChI=1S/C39H54N6O4/c1-40-24-12-26-43(3)38(47)32-18-20-33(21-19-32)41-25-11-5-8-17-37(46)42(2)29-30-44-27-22-34(23-28-44)45(39(48)49)36-16-10-9-15-35(36)31-13-6-4-7-14-31/h4,6-7,9-10,13-16,18-21,34,40-41H,5,8,11-12,17,22-30H2,1-3H3,(H,48,49). The monoisotopic (exact) mass is 670 g/mol. The SMILES string of the molecule is CNCCCN(C)C(=O)c1ccc(NCCCCCC(=O)N(C)CCN2CCC(N(C(=O)O)c3ccccc3-c3ccccc3)CC2)cc1. The number of likely N-dealkylation sites (tertiary alicyclic amines) is 1. The molecule has 10 heteroatoms. The summed E-state index contributed by atoms with van der Waals surface area (Å²) >= 11 is 0. The molecule has 1 fully saturated rings. The van der Waals surface area contributed by atoms with E-state index in [-0.39, 0.29) is 17.9 Å². The van der Waals surface area contributed by atoms with Gasteiger partial charge in [-0.15, -0.1) is 0 Å². The zero-order valence-electron chi connectivity index (χ0n) is 29.4. The van der Waals surface area contributed by atoms with Crippen LogP contribution in [0.25, 0.3) is 11.1 Å². The Bertz CT molecular complexity index is 1460. The molecule has 0 radical (unpaired) electrons. The van der Waals surface area contributed by atoms with Crippen molar-refractivity contribution in [3.63, 3.8) is 0 Å². The average Bonchev–Trinajstić information content (AvgIpc) is 3.13. The molecule has 0 saturated carbocycles. The molecule has 264 valence electrons. The van der Waals surface area contributed by atoms with Crippen molar-refractivity contribution in [2.24, 2.45) is 0 Å². The van der Waals surface area contributed by atoms with E-state index in [1.54, 1.807) is 9.80 Å². The number of para-hydroxylation sites is 1. The summed E-state index contributed by atoms with van der Waals surface area (Å²) in [6.07, 6.45) is 4.79. The molecule has 3 amide bonds. The number of carbonyl (C=O) groups is 3. The molecule has 4 rings (SSSR count). The number of hydrogen-bond donors (Lipinski definition) is 3. The van der Waals surface area contributed by atoms with Gasteiger partial charge in [0.2, 0.25) is 5.91 Å². The van der Waals surface area contributed by atoms with Crippen LogP contribution in [-0.2, 0) is 4.79 Å². The summed E-state index contributed by atoms with van der Waals surface area (Å²) in [5.74, 6) is 0.194.